The van der Waals surface area contributed by atoms with Crippen molar-refractivity contribution in [2.45, 2.75) is 63.4 Å². The number of H-pyrrole nitrogens is 1. The molecule has 0 aliphatic carbocycles. The molecule has 1 aliphatic rings. The Hall–Kier alpha value is -1.49. The molecule has 3 rings (SSSR count). The van der Waals surface area contributed by atoms with Crippen LogP contribution in [0.15, 0.2) is 11.1 Å². The zero-order valence-electron chi connectivity index (χ0n) is 19.6. The van der Waals surface area contributed by atoms with Crippen LogP contribution in [0.3, 0.4) is 0 Å². The van der Waals surface area contributed by atoms with Crippen molar-refractivity contribution < 1.29 is 46.9 Å². The molecule has 1 saturated heterocycles. The van der Waals surface area contributed by atoms with E-state index in [1.54, 1.807) is 0 Å². The monoisotopic (exact) mass is 557 g/mol. The van der Waals surface area contributed by atoms with Crippen LogP contribution in [0.1, 0.15) is 27.0 Å². The number of rotatable bonds is 8. The standard InChI is InChI=1S/C16H29N5O11P2Si/c1-16(2,3)35(4,5)32-11-10(31-34(26,27)28)8(6-29-33(23,24)25)30-14(11)21-7-18-9-12(21)19-15(17)20-13(9)22/h7-8,10-11,14H,6H2,1-5H3,(H2,23,24,25)(H2,26,27,28)(H3,17,19,20,22)/t8-,10?,11+,14-/m1/s1. The third-order valence-electron chi connectivity index (χ3n) is 5.91. The Balaban J connectivity index is 2.14. The molecule has 0 amide bonds. The van der Waals surface area contributed by atoms with Crippen LogP contribution in [-0.4, -0.2) is 72.3 Å². The molecule has 7 N–H and O–H groups in total. The molecule has 4 atom stereocenters. The molecule has 35 heavy (non-hydrogen) atoms. The quantitative estimate of drug-likeness (QED) is 0.192. The Morgan fingerprint density at radius 1 is 1.20 bits per heavy atom. The number of imidazole rings is 1. The smallest absolute Gasteiger partial charge is 0.407 e. The number of fused-ring (bicyclic) bond motifs is 1. The molecule has 0 spiro atoms. The van der Waals surface area contributed by atoms with Gasteiger partial charge < -0.3 is 34.5 Å². The number of aromatic amines is 1. The van der Waals surface area contributed by atoms with Crippen LogP contribution in [0, 0.1) is 0 Å². The normalized spacial score (nSPS) is 24.4. The zero-order valence-corrected chi connectivity index (χ0v) is 22.3. The average molecular weight is 557 g/mol. The van der Waals surface area contributed by atoms with E-state index in [1.807, 2.05) is 33.9 Å². The number of phosphoric acid groups is 2. The Morgan fingerprint density at radius 3 is 2.37 bits per heavy atom. The molecule has 198 valence electrons. The number of hydrogen-bond acceptors (Lipinski definition) is 10. The summed E-state index contributed by atoms with van der Waals surface area (Å²) in [5.41, 5.74) is 4.95. The lowest BCUT2D eigenvalue weighted by Crippen LogP contribution is -2.49. The first-order valence-electron chi connectivity index (χ1n) is 10.3. The number of nitrogens with one attached hydrogen (secondary N) is 1. The summed E-state index contributed by atoms with van der Waals surface area (Å²) in [5, 5.41) is -0.360. The van der Waals surface area contributed by atoms with Gasteiger partial charge in [0.1, 0.15) is 18.3 Å². The lowest BCUT2D eigenvalue weighted by Gasteiger charge is -2.40. The van der Waals surface area contributed by atoms with Gasteiger partial charge in [0.15, 0.2) is 25.7 Å². The summed E-state index contributed by atoms with van der Waals surface area (Å²) in [4.78, 5) is 60.1. The zero-order chi connectivity index (χ0) is 26.6. The van der Waals surface area contributed by atoms with E-state index in [2.05, 4.69) is 19.5 Å². The van der Waals surface area contributed by atoms with Crippen LogP contribution in [0.2, 0.25) is 18.1 Å². The molecule has 1 unspecified atom stereocenters. The van der Waals surface area contributed by atoms with Gasteiger partial charge in [-0.1, -0.05) is 20.8 Å². The Kier molecular flexibility index (Phi) is 7.56. The van der Waals surface area contributed by atoms with Crippen molar-refractivity contribution in [2.24, 2.45) is 0 Å². The highest BCUT2D eigenvalue weighted by Crippen LogP contribution is 2.49. The Labute approximate surface area is 200 Å². The molecule has 19 heteroatoms. The summed E-state index contributed by atoms with van der Waals surface area (Å²) < 4.78 is 46.3. The number of hydrogen-bond donors (Lipinski definition) is 6. The number of aromatic nitrogens is 4. The molecule has 0 radical (unpaired) electrons. The summed E-state index contributed by atoms with van der Waals surface area (Å²) in [6.07, 6.45) is -4.18. The van der Waals surface area contributed by atoms with E-state index in [-0.39, 0.29) is 22.2 Å². The largest absolute Gasteiger partial charge is 0.470 e. The van der Waals surface area contributed by atoms with Crippen LogP contribution in [-0.2, 0) is 27.3 Å². The summed E-state index contributed by atoms with van der Waals surface area (Å²) in [6.45, 7) is 8.78. The van der Waals surface area contributed by atoms with Crippen LogP contribution >= 0.6 is 15.6 Å². The first kappa shape index (κ1) is 28.1. The number of anilines is 1. The molecular weight excluding hydrogens is 528 g/mol. The fourth-order valence-electron chi connectivity index (χ4n) is 3.29. The van der Waals surface area contributed by atoms with Crippen LogP contribution in [0.25, 0.3) is 11.2 Å². The van der Waals surface area contributed by atoms with Gasteiger partial charge in [0.25, 0.3) is 5.56 Å². The topological polar surface area (TPSA) is 242 Å². The van der Waals surface area contributed by atoms with Gasteiger partial charge in [0, 0.05) is 0 Å². The highest BCUT2D eigenvalue weighted by atomic mass is 31.2. The second kappa shape index (κ2) is 9.43. The summed E-state index contributed by atoms with van der Waals surface area (Å²) in [7, 11) is -12.8. The summed E-state index contributed by atoms with van der Waals surface area (Å²) >= 11 is 0. The fraction of sp³-hybridized carbons (Fsp3) is 0.688. The van der Waals surface area contributed by atoms with Crippen LogP contribution < -0.4 is 11.3 Å². The molecule has 0 bridgehead atoms. The molecule has 1 aliphatic heterocycles. The minimum absolute atomic E-state index is 0.00781. The van der Waals surface area contributed by atoms with Gasteiger partial charge in [0.05, 0.1) is 12.9 Å². The molecule has 0 aromatic carbocycles. The molecule has 0 saturated carbocycles. The van der Waals surface area contributed by atoms with Crippen molar-refractivity contribution in [2.75, 3.05) is 12.3 Å². The fourth-order valence-corrected chi connectivity index (χ4v) is 5.49. The van der Waals surface area contributed by atoms with Gasteiger partial charge in [0.2, 0.25) is 5.95 Å². The van der Waals surface area contributed by atoms with Gasteiger partial charge in [-0.3, -0.25) is 23.4 Å². The maximum absolute atomic E-state index is 12.2. The second-order valence-electron chi connectivity index (χ2n) is 9.53. The number of ether oxygens (including phenoxy) is 1. The molecular formula is C16H29N5O11P2Si. The van der Waals surface area contributed by atoms with E-state index >= 15 is 0 Å². The second-order valence-corrected chi connectivity index (χ2v) is 16.7. The van der Waals surface area contributed by atoms with E-state index in [9.17, 15) is 23.7 Å². The van der Waals surface area contributed by atoms with E-state index in [0.717, 1.165) is 0 Å². The molecule has 1 fully saturated rings. The van der Waals surface area contributed by atoms with E-state index in [4.69, 9.17) is 29.2 Å². The van der Waals surface area contributed by atoms with E-state index < -0.39 is 60.7 Å². The van der Waals surface area contributed by atoms with Crippen LogP contribution in [0.5, 0.6) is 0 Å². The van der Waals surface area contributed by atoms with Crippen molar-refractivity contribution in [3.05, 3.63) is 16.7 Å². The van der Waals surface area contributed by atoms with Crippen molar-refractivity contribution in [1.29, 1.82) is 0 Å². The third kappa shape index (κ3) is 6.45. The highest BCUT2D eigenvalue weighted by Gasteiger charge is 2.54. The molecule has 2 aromatic rings. The predicted octanol–water partition coefficient (Wildman–Crippen LogP) is 0.577. The summed E-state index contributed by atoms with van der Waals surface area (Å²) in [5.74, 6) is -0.214. The van der Waals surface area contributed by atoms with Crippen molar-refractivity contribution >= 4 is 41.1 Å². The number of phosphoric ester groups is 2. The Bertz CT molecular complexity index is 1230. The van der Waals surface area contributed by atoms with Crippen molar-refractivity contribution in [3.63, 3.8) is 0 Å². The minimum atomic E-state index is -5.14. The first-order chi connectivity index (χ1) is 15.8. The van der Waals surface area contributed by atoms with E-state index in [0.29, 0.717) is 0 Å². The lowest BCUT2D eigenvalue weighted by molar-refractivity contribution is -0.0487. The molecule has 16 nitrogen and oxygen atoms in total. The maximum Gasteiger partial charge on any atom is 0.470 e. The number of nitrogens with zero attached hydrogens (tertiary/aromatic N) is 3. The van der Waals surface area contributed by atoms with Crippen molar-refractivity contribution in [3.8, 4) is 0 Å². The highest BCUT2D eigenvalue weighted by molar-refractivity contribution is 7.46. The summed E-state index contributed by atoms with van der Waals surface area (Å²) in [6, 6.07) is 0. The van der Waals surface area contributed by atoms with Gasteiger partial charge in [-0.25, -0.2) is 14.1 Å². The Morgan fingerprint density at radius 2 is 1.83 bits per heavy atom. The van der Waals surface area contributed by atoms with E-state index in [1.165, 1.54) is 10.9 Å². The van der Waals surface area contributed by atoms with Gasteiger partial charge in [-0.15, -0.1) is 0 Å². The van der Waals surface area contributed by atoms with Gasteiger partial charge >= 0.3 is 15.6 Å². The predicted molar refractivity (Wildman–Crippen MR) is 123 cm³/mol. The average Bonchev–Trinajstić information content (AvgIpc) is 3.19. The maximum atomic E-state index is 12.2. The number of nitrogen functional groups attached to an aromatic ring is 1. The van der Waals surface area contributed by atoms with Gasteiger partial charge in [-0.05, 0) is 18.1 Å². The number of nitrogens with two attached hydrogens (primary N) is 1. The van der Waals surface area contributed by atoms with Gasteiger partial charge in [-0.2, -0.15) is 4.98 Å². The van der Waals surface area contributed by atoms with Crippen LogP contribution in [0.4, 0.5) is 5.95 Å². The molecule has 2 aromatic heterocycles. The molecule has 3 heterocycles. The third-order valence-corrected chi connectivity index (χ3v) is 11.4. The lowest BCUT2D eigenvalue weighted by atomic mass is 10.1. The minimum Gasteiger partial charge on any atom is -0.407 e. The SMILES string of the molecule is CC(C)(C)[Si](C)(C)O[C@H]1C(OP(=O)(O)O)[C@@H](COP(=O)(O)O)O[C@H]1n1cnc2c(=O)[nH]c(N)nc21. The van der Waals surface area contributed by atoms with Crippen molar-refractivity contribution in [1.82, 2.24) is 19.5 Å². The first-order valence-corrected chi connectivity index (χ1v) is 16.3.